The van der Waals surface area contributed by atoms with Gasteiger partial charge in [-0.2, -0.15) is 0 Å². The highest BCUT2D eigenvalue weighted by atomic mass is 16.6. The molecule has 4 rings (SSSR count). The summed E-state index contributed by atoms with van der Waals surface area (Å²) in [6, 6.07) is 0. The minimum atomic E-state index is -0.458. The standard InChI is InChI=1S/C29H46O6/c1-17(10-15-24(32)33-6)22-13-14-23-21-12-11-20-9-7-8-16-28(20,4)25(21)26(34-18(2)30)27(29(22,23)5)35-19(3)31/h17,20-23,25-27H,7-16H2,1-6H3/t17-,20-,21+,22-,23+,25-,26-,27-,28+,29-/m1/s1. The highest BCUT2D eigenvalue weighted by Crippen LogP contribution is 2.69. The third-order valence-electron chi connectivity index (χ3n) is 11.0. The predicted octanol–water partition coefficient (Wildman–Crippen LogP) is 5.71. The summed E-state index contributed by atoms with van der Waals surface area (Å²) in [7, 11) is 1.43. The number of rotatable bonds is 6. The molecule has 0 aromatic rings. The third-order valence-corrected chi connectivity index (χ3v) is 11.0. The molecule has 4 saturated carbocycles. The molecule has 6 nitrogen and oxygen atoms in total. The van der Waals surface area contributed by atoms with Crippen molar-refractivity contribution in [1.82, 2.24) is 0 Å². The summed E-state index contributed by atoms with van der Waals surface area (Å²) in [6.07, 6.45) is 9.75. The van der Waals surface area contributed by atoms with E-state index in [0.29, 0.717) is 24.2 Å². The zero-order valence-corrected chi connectivity index (χ0v) is 22.6. The number of hydrogen-bond acceptors (Lipinski definition) is 6. The van der Waals surface area contributed by atoms with Crippen molar-refractivity contribution in [3.05, 3.63) is 0 Å². The molecule has 0 unspecified atom stereocenters. The Balaban J connectivity index is 1.76. The van der Waals surface area contributed by atoms with Gasteiger partial charge in [-0.05, 0) is 80.0 Å². The molecule has 35 heavy (non-hydrogen) atoms. The molecule has 0 radical (unpaired) electrons. The van der Waals surface area contributed by atoms with Crippen LogP contribution < -0.4 is 0 Å². The van der Waals surface area contributed by atoms with Crippen LogP contribution in [-0.2, 0) is 28.6 Å². The minimum Gasteiger partial charge on any atom is -0.469 e. The zero-order chi connectivity index (χ0) is 25.5. The largest absolute Gasteiger partial charge is 0.469 e. The Morgan fingerprint density at radius 2 is 1.66 bits per heavy atom. The highest BCUT2D eigenvalue weighted by Gasteiger charge is 2.69. The fourth-order valence-corrected chi connectivity index (χ4v) is 9.62. The lowest BCUT2D eigenvalue weighted by Crippen LogP contribution is -2.66. The van der Waals surface area contributed by atoms with Crippen LogP contribution in [0.25, 0.3) is 0 Å². The highest BCUT2D eigenvalue weighted by molar-refractivity contribution is 5.69. The van der Waals surface area contributed by atoms with Gasteiger partial charge in [0.1, 0.15) is 12.2 Å². The van der Waals surface area contributed by atoms with Gasteiger partial charge in [0, 0.05) is 31.6 Å². The van der Waals surface area contributed by atoms with Crippen LogP contribution >= 0.6 is 0 Å². The second-order valence-electron chi connectivity index (χ2n) is 12.6. The maximum atomic E-state index is 12.5. The van der Waals surface area contributed by atoms with Crippen molar-refractivity contribution >= 4 is 17.9 Å². The summed E-state index contributed by atoms with van der Waals surface area (Å²) in [5, 5.41) is 0. The van der Waals surface area contributed by atoms with E-state index in [2.05, 4.69) is 20.8 Å². The fraction of sp³-hybridized carbons (Fsp3) is 0.897. The van der Waals surface area contributed by atoms with Crippen LogP contribution in [0.2, 0.25) is 0 Å². The molecule has 0 aromatic heterocycles. The first-order chi connectivity index (χ1) is 16.5. The van der Waals surface area contributed by atoms with Crippen LogP contribution in [0.15, 0.2) is 0 Å². The Morgan fingerprint density at radius 1 is 0.943 bits per heavy atom. The number of esters is 3. The summed E-state index contributed by atoms with van der Waals surface area (Å²) in [4.78, 5) is 36.9. The van der Waals surface area contributed by atoms with Crippen molar-refractivity contribution in [2.45, 2.75) is 111 Å². The van der Waals surface area contributed by atoms with Crippen molar-refractivity contribution < 1.29 is 28.6 Å². The predicted molar refractivity (Wildman–Crippen MR) is 132 cm³/mol. The van der Waals surface area contributed by atoms with E-state index >= 15 is 0 Å². The van der Waals surface area contributed by atoms with Crippen LogP contribution in [0.1, 0.15) is 98.8 Å². The second kappa shape index (κ2) is 10.0. The van der Waals surface area contributed by atoms with Gasteiger partial charge in [-0.15, -0.1) is 0 Å². The molecule has 10 atom stereocenters. The van der Waals surface area contributed by atoms with Crippen molar-refractivity contribution in [1.29, 1.82) is 0 Å². The van der Waals surface area contributed by atoms with E-state index in [4.69, 9.17) is 14.2 Å². The van der Waals surface area contributed by atoms with Gasteiger partial charge in [0.05, 0.1) is 7.11 Å². The average molecular weight is 491 g/mol. The van der Waals surface area contributed by atoms with Crippen LogP contribution in [0.5, 0.6) is 0 Å². The number of fused-ring (bicyclic) bond motifs is 5. The van der Waals surface area contributed by atoms with Gasteiger partial charge >= 0.3 is 17.9 Å². The molecule has 0 heterocycles. The Labute approximate surface area is 211 Å². The smallest absolute Gasteiger partial charge is 0.305 e. The molecule has 0 aliphatic heterocycles. The molecule has 4 aliphatic rings. The van der Waals surface area contributed by atoms with Crippen molar-refractivity contribution in [3.8, 4) is 0 Å². The molecular weight excluding hydrogens is 444 g/mol. The fourth-order valence-electron chi connectivity index (χ4n) is 9.62. The summed E-state index contributed by atoms with van der Waals surface area (Å²) < 4.78 is 17.3. The first-order valence-electron chi connectivity index (χ1n) is 13.9. The number of hydrogen-bond donors (Lipinski definition) is 0. The van der Waals surface area contributed by atoms with Gasteiger partial charge in [0.15, 0.2) is 0 Å². The van der Waals surface area contributed by atoms with Gasteiger partial charge in [-0.25, -0.2) is 0 Å². The molecule has 0 spiro atoms. The Hall–Kier alpha value is -1.59. The van der Waals surface area contributed by atoms with E-state index in [0.717, 1.165) is 25.7 Å². The first-order valence-corrected chi connectivity index (χ1v) is 13.9. The monoisotopic (exact) mass is 490 g/mol. The molecule has 198 valence electrons. The lowest BCUT2D eigenvalue weighted by Gasteiger charge is -2.64. The van der Waals surface area contributed by atoms with Gasteiger partial charge in [-0.3, -0.25) is 14.4 Å². The quantitative estimate of drug-likeness (QED) is 0.351. The lowest BCUT2D eigenvalue weighted by atomic mass is 9.43. The number of methoxy groups -OCH3 is 1. The van der Waals surface area contributed by atoms with Crippen LogP contribution in [0.4, 0.5) is 0 Å². The molecule has 0 N–H and O–H groups in total. The maximum absolute atomic E-state index is 12.5. The van der Waals surface area contributed by atoms with Crippen molar-refractivity contribution in [3.63, 3.8) is 0 Å². The number of ether oxygens (including phenoxy) is 3. The summed E-state index contributed by atoms with van der Waals surface area (Å²) in [6.45, 7) is 9.91. The van der Waals surface area contributed by atoms with Gasteiger partial charge in [-0.1, -0.05) is 33.6 Å². The maximum Gasteiger partial charge on any atom is 0.305 e. The molecule has 0 aromatic carbocycles. The molecular formula is C29H46O6. The average Bonchev–Trinajstić information content (AvgIpc) is 3.16. The molecule has 4 fully saturated rings. The topological polar surface area (TPSA) is 78.9 Å². The summed E-state index contributed by atoms with van der Waals surface area (Å²) in [5.41, 5.74) is -0.185. The van der Waals surface area contributed by atoms with E-state index in [1.807, 2.05) is 0 Å². The number of carbonyl (C=O) groups excluding carboxylic acids is 3. The third kappa shape index (κ3) is 4.52. The molecule has 0 saturated heterocycles. The van der Waals surface area contributed by atoms with E-state index < -0.39 is 12.2 Å². The minimum absolute atomic E-state index is 0.107. The van der Waals surface area contributed by atoms with E-state index in [9.17, 15) is 14.4 Å². The molecule has 0 amide bonds. The zero-order valence-electron chi connectivity index (χ0n) is 22.6. The molecule has 0 bridgehead atoms. The molecule has 6 heteroatoms. The number of carbonyl (C=O) groups is 3. The first kappa shape index (κ1) is 26.5. The normalized spacial score (nSPS) is 43.2. The van der Waals surface area contributed by atoms with Gasteiger partial charge in [0.25, 0.3) is 0 Å². The Bertz CT molecular complexity index is 824. The SMILES string of the molecule is COC(=O)CC[C@@H](C)[C@H]1CC[C@H]2[C@@H]3CC[C@H]4CCCC[C@]4(C)[C@H]3[C@@H](OC(C)=O)[C@@H](OC(C)=O)[C@]12C. The summed E-state index contributed by atoms with van der Waals surface area (Å²) in [5.74, 6) is 1.55. The summed E-state index contributed by atoms with van der Waals surface area (Å²) >= 11 is 0. The van der Waals surface area contributed by atoms with Crippen molar-refractivity contribution in [2.75, 3.05) is 7.11 Å². The van der Waals surface area contributed by atoms with E-state index in [1.165, 1.54) is 53.1 Å². The van der Waals surface area contributed by atoms with Crippen LogP contribution in [-0.4, -0.2) is 37.2 Å². The van der Waals surface area contributed by atoms with Crippen LogP contribution in [0, 0.1) is 46.3 Å². The Morgan fingerprint density at radius 3 is 2.31 bits per heavy atom. The Kier molecular flexibility index (Phi) is 7.60. The van der Waals surface area contributed by atoms with Gasteiger partial charge in [0.2, 0.25) is 0 Å². The van der Waals surface area contributed by atoms with Crippen molar-refractivity contribution in [2.24, 2.45) is 46.3 Å². The second-order valence-corrected chi connectivity index (χ2v) is 12.6. The molecule has 4 aliphatic carbocycles. The van der Waals surface area contributed by atoms with E-state index in [-0.39, 0.29) is 46.5 Å². The van der Waals surface area contributed by atoms with Crippen LogP contribution in [0.3, 0.4) is 0 Å². The van der Waals surface area contributed by atoms with E-state index in [1.54, 1.807) is 0 Å². The van der Waals surface area contributed by atoms with Gasteiger partial charge < -0.3 is 14.2 Å². The lowest BCUT2D eigenvalue weighted by molar-refractivity contribution is -0.246.